The van der Waals surface area contributed by atoms with Crippen LogP contribution in [0.2, 0.25) is 0 Å². The van der Waals surface area contributed by atoms with Gasteiger partial charge in [-0.2, -0.15) is 5.10 Å². The van der Waals surface area contributed by atoms with Gasteiger partial charge in [-0.3, -0.25) is 19.6 Å². The van der Waals surface area contributed by atoms with Gasteiger partial charge >= 0.3 is 5.97 Å². The maximum Gasteiger partial charge on any atom is 0.331 e. The molecule has 0 fully saturated rings. The van der Waals surface area contributed by atoms with Crippen molar-refractivity contribution in [3.63, 3.8) is 0 Å². The molecule has 0 aliphatic rings. The Kier molecular flexibility index (Phi) is 6.01. The minimum absolute atomic E-state index is 0.373. The number of nitrogens with one attached hydrogen (secondary N) is 1. The Bertz CT molecular complexity index is 936. The van der Waals surface area contributed by atoms with E-state index in [0.29, 0.717) is 0 Å². The molecule has 2 rings (SSSR count). The van der Waals surface area contributed by atoms with E-state index >= 15 is 0 Å². The van der Waals surface area contributed by atoms with Gasteiger partial charge in [0.2, 0.25) is 0 Å². The third kappa shape index (κ3) is 4.97. The van der Waals surface area contributed by atoms with Crippen molar-refractivity contribution in [2.24, 2.45) is 7.05 Å². The van der Waals surface area contributed by atoms with E-state index in [9.17, 15) is 24.1 Å². The summed E-state index contributed by atoms with van der Waals surface area (Å²) in [5, 5.41) is 17.0. The fraction of sp³-hybridized carbons (Fsp3) is 0.235. The number of rotatable bonds is 6. The van der Waals surface area contributed by atoms with Crippen molar-refractivity contribution in [2.75, 3.05) is 11.9 Å². The van der Waals surface area contributed by atoms with Gasteiger partial charge in [-0.25, -0.2) is 9.18 Å². The number of carbonyl (C=O) groups is 2. The summed E-state index contributed by atoms with van der Waals surface area (Å²) in [6.07, 6.45) is 2.68. The Morgan fingerprint density at radius 1 is 1.41 bits per heavy atom. The fourth-order valence-electron chi connectivity index (χ4n) is 2.28. The average Bonchev–Trinajstić information content (AvgIpc) is 2.85. The van der Waals surface area contributed by atoms with Gasteiger partial charge in [-0.1, -0.05) is 0 Å². The number of non-ortho nitro benzene ring substituents is 1. The number of aryl methyl sites for hydroxylation is 2. The molecule has 0 radical (unpaired) electrons. The van der Waals surface area contributed by atoms with Crippen LogP contribution < -0.4 is 5.32 Å². The molecule has 27 heavy (non-hydrogen) atoms. The molecule has 1 heterocycles. The summed E-state index contributed by atoms with van der Waals surface area (Å²) in [7, 11) is 1.77. The van der Waals surface area contributed by atoms with Crippen LogP contribution in [0.5, 0.6) is 0 Å². The van der Waals surface area contributed by atoms with Crippen molar-refractivity contribution in [3.8, 4) is 0 Å². The lowest BCUT2D eigenvalue weighted by Crippen LogP contribution is -2.20. The molecule has 1 aromatic carbocycles. The summed E-state index contributed by atoms with van der Waals surface area (Å²) in [6, 6.07) is 2.71. The Morgan fingerprint density at radius 3 is 2.70 bits per heavy atom. The summed E-state index contributed by atoms with van der Waals surface area (Å²) >= 11 is 0. The summed E-state index contributed by atoms with van der Waals surface area (Å²) in [6.45, 7) is 2.96. The predicted octanol–water partition coefficient (Wildman–Crippen LogP) is 2.28. The van der Waals surface area contributed by atoms with Crippen LogP contribution in [0.1, 0.15) is 17.0 Å². The first-order valence-electron chi connectivity index (χ1n) is 7.78. The van der Waals surface area contributed by atoms with Gasteiger partial charge < -0.3 is 10.1 Å². The zero-order valence-corrected chi connectivity index (χ0v) is 14.9. The Balaban J connectivity index is 1.94. The number of benzene rings is 1. The molecule has 0 aliphatic carbocycles. The standard InChI is InChI=1S/C17H17FN4O5/c1-10-13(11(2)21(3)20-10)5-7-17(24)27-9-16(23)19-15-8-12(22(25)26)4-6-14(15)18/h4-8H,9H2,1-3H3,(H,19,23)/b7-5+. The molecule has 0 spiro atoms. The topological polar surface area (TPSA) is 116 Å². The Morgan fingerprint density at radius 2 is 2.11 bits per heavy atom. The van der Waals surface area contributed by atoms with E-state index in [1.54, 1.807) is 18.7 Å². The third-order valence-corrected chi connectivity index (χ3v) is 3.73. The average molecular weight is 376 g/mol. The molecule has 10 heteroatoms. The number of ether oxygens (including phenoxy) is 1. The lowest BCUT2D eigenvalue weighted by molar-refractivity contribution is -0.384. The van der Waals surface area contributed by atoms with E-state index in [1.165, 1.54) is 6.08 Å². The van der Waals surface area contributed by atoms with Gasteiger partial charge in [0.25, 0.3) is 11.6 Å². The van der Waals surface area contributed by atoms with Crippen LogP contribution in [0.25, 0.3) is 6.08 Å². The fourth-order valence-corrected chi connectivity index (χ4v) is 2.28. The normalized spacial score (nSPS) is 10.8. The van der Waals surface area contributed by atoms with Crippen LogP contribution >= 0.6 is 0 Å². The van der Waals surface area contributed by atoms with Gasteiger partial charge in [-0.05, 0) is 26.0 Å². The molecular formula is C17H17FN4O5. The highest BCUT2D eigenvalue weighted by atomic mass is 19.1. The van der Waals surface area contributed by atoms with Crippen molar-refractivity contribution >= 4 is 29.3 Å². The van der Waals surface area contributed by atoms with Gasteiger partial charge in [0.15, 0.2) is 6.61 Å². The lowest BCUT2D eigenvalue weighted by Gasteiger charge is -2.06. The number of nitrogens with zero attached hydrogens (tertiary/aromatic N) is 3. The van der Waals surface area contributed by atoms with E-state index in [1.807, 2.05) is 6.92 Å². The highest BCUT2D eigenvalue weighted by Gasteiger charge is 2.14. The minimum Gasteiger partial charge on any atom is -0.452 e. The zero-order valence-electron chi connectivity index (χ0n) is 14.9. The number of nitro groups is 1. The van der Waals surface area contributed by atoms with Crippen LogP contribution in [-0.4, -0.2) is 33.2 Å². The van der Waals surface area contributed by atoms with Gasteiger partial charge in [0, 0.05) is 36.5 Å². The number of hydrogen-bond acceptors (Lipinski definition) is 6. The molecule has 0 aliphatic heterocycles. The summed E-state index contributed by atoms with van der Waals surface area (Å²) < 4.78 is 20.1. The summed E-state index contributed by atoms with van der Waals surface area (Å²) in [4.78, 5) is 33.5. The molecule has 0 unspecified atom stereocenters. The van der Waals surface area contributed by atoms with Crippen molar-refractivity contribution in [3.05, 3.63) is 57.2 Å². The number of halogens is 1. The van der Waals surface area contributed by atoms with E-state index in [0.717, 1.165) is 41.2 Å². The summed E-state index contributed by atoms with van der Waals surface area (Å²) in [5.74, 6) is -2.44. The number of anilines is 1. The smallest absolute Gasteiger partial charge is 0.331 e. The van der Waals surface area contributed by atoms with Crippen LogP contribution in [0.15, 0.2) is 24.3 Å². The first-order chi connectivity index (χ1) is 12.7. The van der Waals surface area contributed by atoms with Crippen molar-refractivity contribution in [1.82, 2.24) is 9.78 Å². The minimum atomic E-state index is -0.845. The molecule has 1 aromatic heterocycles. The number of amides is 1. The van der Waals surface area contributed by atoms with Gasteiger partial charge in [-0.15, -0.1) is 0 Å². The molecule has 0 bridgehead atoms. The van der Waals surface area contributed by atoms with Crippen LogP contribution in [-0.2, 0) is 21.4 Å². The highest BCUT2D eigenvalue weighted by molar-refractivity contribution is 5.95. The van der Waals surface area contributed by atoms with Crippen LogP contribution in [0, 0.1) is 29.8 Å². The predicted molar refractivity (Wildman–Crippen MR) is 94.4 cm³/mol. The van der Waals surface area contributed by atoms with Gasteiger partial charge in [0.1, 0.15) is 5.82 Å². The van der Waals surface area contributed by atoms with Crippen molar-refractivity contribution in [2.45, 2.75) is 13.8 Å². The SMILES string of the molecule is Cc1nn(C)c(C)c1/C=C/C(=O)OCC(=O)Nc1cc([N+](=O)[O-])ccc1F. The third-order valence-electron chi connectivity index (χ3n) is 3.73. The monoisotopic (exact) mass is 376 g/mol. The molecule has 1 N–H and O–H groups in total. The molecule has 0 atom stereocenters. The Hall–Kier alpha value is -3.56. The van der Waals surface area contributed by atoms with E-state index in [-0.39, 0.29) is 11.4 Å². The highest BCUT2D eigenvalue weighted by Crippen LogP contribution is 2.21. The first kappa shape index (κ1) is 19.8. The molecule has 0 saturated heterocycles. The zero-order chi connectivity index (χ0) is 20.1. The van der Waals surface area contributed by atoms with Crippen molar-refractivity contribution < 1.29 is 23.6 Å². The van der Waals surface area contributed by atoms with E-state index in [2.05, 4.69) is 10.4 Å². The number of aromatic nitrogens is 2. The second-order valence-corrected chi connectivity index (χ2v) is 5.62. The van der Waals surface area contributed by atoms with E-state index in [4.69, 9.17) is 4.74 Å². The maximum atomic E-state index is 13.6. The quantitative estimate of drug-likeness (QED) is 0.358. The van der Waals surface area contributed by atoms with E-state index < -0.39 is 29.2 Å². The molecule has 142 valence electrons. The largest absolute Gasteiger partial charge is 0.452 e. The molecule has 9 nitrogen and oxygen atoms in total. The second-order valence-electron chi connectivity index (χ2n) is 5.62. The molecule has 0 saturated carbocycles. The number of esters is 1. The molecular weight excluding hydrogens is 359 g/mol. The number of carbonyl (C=O) groups excluding carboxylic acids is 2. The number of hydrogen-bond donors (Lipinski definition) is 1. The lowest BCUT2D eigenvalue weighted by atomic mass is 10.2. The first-order valence-corrected chi connectivity index (χ1v) is 7.78. The summed E-state index contributed by atoms with van der Waals surface area (Å²) in [5.41, 5.74) is 1.60. The number of nitro benzene ring substituents is 1. The van der Waals surface area contributed by atoms with Crippen LogP contribution in [0.3, 0.4) is 0 Å². The molecule has 1 amide bonds. The van der Waals surface area contributed by atoms with Crippen molar-refractivity contribution in [1.29, 1.82) is 0 Å². The second kappa shape index (κ2) is 8.21. The van der Waals surface area contributed by atoms with Gasteiger partial charge in [0.05, 0.1) is 16.3 Å². The van der Waals surface area contributed by atoms with Crippen LogP contribution in [0.4, 0.5) is 15.8 Å². The Labute approximate surface area is 153 Å². The molecule has 2 aromatic rings. The maximum absolute atomic E-state index is 13.6.